The minimum Gasteiger partial charge on any atom is -0.354 e. The molecular weight excluding hydrogens is 264 g/mol. The van der Waals surface area contributed by atoms with E-state index in [0.717, 1.165) is 38.1 Å². The highest BCUT2D eigenvalue weighted by Gasteiger charge is 2.25. The number of hydrogen-bond donors (Lipinski definition) is 1. The van der Waals surface area contributed by atoms with Crippen molar-refractivity contribution < 1.29 is 0 Å². The van der Waals surface area contributed by atoms with E-state index in [4.69, 9.17) is 4.98 Å². The van der Waals surface area contributed by atoms with Gasteiger partial charge in [0, 0.05) is 32.2 Å². The zero-order valence-electron chi connectivity index (χ0n) is 13.2. The van der Waals surface area contributed by atoms with Crippen molar-refractivity contribution in [1.82, 2.24) is 15.0 Å². The van der Waals surface area contributed by atoms with Gasteiger partial charge in [-0.2, -0.15) is 15.0 Å². The first-order chi connectivity index (χ1) is 10.3. The molecule has 0 aromatic carbocycles. The first kappa shape index (κ1) is 14.4. The lowest BCUT2D eigenvalue weighted by molar-refractivity contribution is 0.566. The molecule has 0 saturated carbocycles. The van der Waals surface area contributed by atoms with E-state index in [-0.39, 0.29) is 0 Å². The molecule has 3 rings (SSSR count). The van der Waals surface area contributed by atoms with Gasteiger partial charge in [0.05, 0.1) is 0 Å². The first-order valence-corrected chi connectivity index (χ1v) is 8.29. The summed E-state index contributed by atoms with van der Waals surface area (Å²) in [5.41, 5.74) is 0. The van der Waals surface area contributed by atoms with Crippen LogP contribution in [0, 0.1) is 0 Å². The predicted octanol–water partition coefficient (Wildman–Crippen LogP) is 2.28. The van der Waals surface area contributed by atoms with E-state index >= 15 is 0 Å². The fourth-order valence-corrected chi connectivity index (χ4v) is 3.19. The molecule has 2 fully saturated rings. The fraction of sp³-hybridized carbons (Fsp3) is 0.800. The molecule has 6 heteroatoms. The largest absolute Gasteiger partial charge is 0.354 e. The molecule has 1 atom stereocenters. The highest BCUT2D eigenvalue weighted by Crippen LogP contribution is 2.25. The van der Waals surface area contributed by atoms with Crippen molar-refractivity contribution in [2.24, 2.45) is 0 Å². The number of piperidine rings is 1. The van der Waals surface area contributed by atoms with E-state index in [0.29, 0.717) is 12.0 Å². The normalized spacial score (nSPS) is 22.7. The Balaban J connectivity index is 1.89. The Morgan fingerprint density at radius 2 is 1.76 bits per heavy atom. The Hall–Kier alpha value is -1.59. The maximum Gasteiger partial charge on any atom is 0.232 e. The van der Waals surface area contributed by atoms with Crippen LogP contribution in [0.1, 0.15) is 46.0 Å². The SMILES string of the molecule is CCNc1nc(N2CCCCC2)nc(N2CCCC2C)n1. The van der Waals surface area contributed by atoms with Crippen molar-refractivity contribution in [2.45, 2.75) is 52.0 Å². The Bertz CT molecular complexity index is 471. The molecule has 2 saturated heterocycles. The summed E-state index contributed by atoms with van der Waals surface area (Å²) in [5.74, 6) is 2.39. The van der Waals surface area contributed by atoms with E-state index in [2.05, 4.69) is 38.9 Å². The van der Waals surface area contributed by atoms with Gasteiger partial charge in [-0.3, -0.25) is 0 Å². The van der Waals surface area contributed by atoms with Gasteiger partial charge in [0.15, 0.2) is 0 Å². The third-order valence-electron chi connectivity index (χ3n) is 4.40. The van der Waals surface area contributed by atoms with E-state index in [1.165, 1.54) is 32.1 Å². The molecule has 116 valence electrons. The summed E-state index contributed by atoms with van der Waals surface area (Å²) in [4.78, 5) is 18.6. The number of rotatable bonds is 4. The second-order valence-electron chi connectivity index (χ2n) is 6.02. The van der Waals surface area contributed by atoms with Crippen molar-refractivity contribution in [3.05, 3.63) is 0 Å². The highest BCUT2D eigenvalue weighted by molar-refractivity contribution is 5.46. The molecule has 0 spiro atoms. The average Bonchev–Trinajstić information content (AvgIpc) is 2.94. The van der Waals surface area contributed by atoms with Crippen LogP contribution >= 0.6 is 0 Å². The monoisotopic (exact) mass is 290 g/mol. The van der Waals surface area contributed by atoms with E-state index in [1.54, 1.807) is 0 Å². The molecule has 1 unspecified atom stereocenters. The van der Waals surface area contributed by atoms with Crippen LogP contribution in [0.5, 0.6) is 0 Å². The molecule has 0 aliphatic carbocycles. The Labute approximate surface area is 127 Å². The summed E-state index contributed by atoms with van der Waals surface area (Å²) in [6, 6.07) is 0.524. The Kier molecular flexibility index (Phi) is 4.41. The molecule has 1 aromatic rings. The van der Waals surface area contributed by atoms with Gasteiger partial charge >= 0.3 is 0 Å². The minimum absolute atomic E-state index is 0.524. The van der Waals surface area contributed by atoms with Crippen molar-refractivity contribution >= 4 is 17.8 Å². The van der Waals surface area contributed by atoms with Crippen molar-refractivity contribution in [1.29, 1.82) is 0 Å². The molecule has 2 aliphatic rings. The Morgan fingerprint density at radius 3 is 2.43 bits per heavy atom. The third kappa shape index (κ3) is 3.19. The lowest BCUT2D eigenvalue weighted by Crippen LogP contribution is -2.33. The van der Waals surface area contributed by atoms with Gasteiger partial charge in [0.2, 0.25) is 17.8 Å². The number of aromatic nitrogens is 3. The quantitative estimate of drug-likeness (QED) is 0.918. The van der Waals surface area contributed by atoms with Crippen LogP contribution in [0.4, 0.5) is 17.8 Å². The lowest BCUT2D eigenvalue weighted by Gasteiger charge is -2.28. The summed E-state index contributed by atoms with van der Waals surface area (Å²) in [6.45, 7) is 8.33. The molecular formula is C15H26N6. The third-order valence-corrected chi connectivity index (χ3v) is 4.40. The molecule has 2 aliphatic heterocycles. The van der Waals surface area contributed by atoms with Gasteiger partial charge in [-0.15, -0.1) is 0 Å². The smallest absolute Gasteiger partial charge is 0.232 e. The summed E-state index contributed by atoms with van der Waals surface area (Å²) < 4.78 is 0. The van der Waals surface area contributed by atoms with Crippen molar-refractivity contribution in [2.75, 3.05) is 41.3 Å². The lowest BCUT2D eigenvalue weighted by atomic mass is 10.1. The maximum atomic E-state index is 4.76. The van der Waals surface area contributed by atoms with Crippen molar-refractivity contribution in [3.8, 4) is 0 Å². The predicted molar refractivity (Wildman–Crippen MR) is 86.1 cm³/mol. The zero-order valence-corrected chi connectivity index (χ0v) is 13.2. The van der Waals surface area contributed by atoms with Gasteiger partial charge in [0.25, 0.3) is 0 Å². The molecule has 1 aromatic heterocycles. The zero-order chi connectivity index (χ0) is 14.7. The van der Waals surface area contributed by atoms with Gasteiger partial charge in [-0.25, -0.2) is 0 Å². The molecule has 21 heavy (non-hydrogen) atoms. The highest BCUT2D eigenvalue weighted by atomic mass is 15.4. The molecule has 3 heterocycles. The van der Waals surface area contributed by atoms with Gasteiger partial charge in [0.1, 0.15) is 0 Å². The number of nitrogens with zero attached hydrogens (tertiary/aromatic N) is 5. The van der Waals surface area contributed by atoms with E-state index in [1.807, 2.05) is 0 Å². The van der Waals surface area contributed by atoms with Crippen LogP contribution in [0.15, 0.2) is 0 Å². The molecule has 0 radical (unpaired) electrons. The second-order valence-corrected chi connectivity index (χ2v) is 6.02. The number of nitrogens with one attached hydrogen (secondary N) is 1. The van der Waals surface area contributed by atoms with Crippen LogP contribution < -0.4 is 15.1 Å². The van der Waals surface area contributed by atoms with Gasteiger partial charge in [-0.05, 0) is 46.0 Å². The number of hydrogen-bond acceptors (Lipinski definition) is 6. The van der Waals surface area contributed by atoms with E-state index < -0.39 is 0 Å². The van der Waals surface area contributed by atoms with Crippen LogP contribution in [-0.2, 0) is 0 Å². The van der Waals surface area contributed by atoms with Crippen LogP contribution in [0.3, 0.4) is 0 Å². The second kappa shape index (κ2) is 6.45. The number of anilines is 3. The standard InChI is InChI=1S/C15H26N6/c1-3-16-13-17-14(20-9-5-4-6-10-20)19-15(18-13)21-11-7-8-12(21)2/h12H,3-11H2,1-2H3,(H,16,17,18,19). The molecule has 1 N–H and O–H groups in total. The summed E-state index contributed by atoms with van der Waals surface area (Å²) in [7, 11) is 0. The van der Waals surface area contributed by atoms with Crippen LogP contribution in [0.25, 0.3) is 0 Å². The topological polar surface area (TPSA) is 57.2 Å². The Morgan fingerprint density at radius 1 is 1.00 bits per heavy atom. The molecule has 0 amide bonds. The first-order valence-electron chi connectivity index (χ1n) is 8.29. The summed E-state index contributed by atoms with van der Waals surface area (Å²) in [5, 5.41) is 3.25. The van der Waals surface area contributed by atoms with E-state index in [9.17, 15) is 0 Å². The minimum atomic E-state index is 0.524. The van der Waals surface area contributed by atoms with Gasteiger partial charge < -0.3 is 15.1 Å². The van der Waals surface area contributed by atoms with Gasteiger partial charge in [-0.1, -0.05) is 0 Å². The fourth-order valence-electron chi connectivity index (χ4n) is 3.19. The average molecular weight is 290 g/mol. The molecule has 6 nitrogen and oxygen atoms in total. The van der Waals surface area contributed by atoms with Crippen LogP contribution in [0.2, 0.25) is 0 Å². The van der Waals surface area contributed by atoms with Crippen LogP contribution in [-0.4, -0.2) is 47.2 Å². The summed E-state index contributed by atoms with van der Waals surface area (Å²) >= 11 is 0. The van der Waals surface area contributed by atoms with Crippen molar-refractivity contribution in [3.63, 3.8) is 0 Å². The maximum absolute atomic E-state index is 4.76. The summed E-state index contributed by atoms with van der Waals surface area (Å²) in [6.07, 6.45) is 6.23. The molecule has 0 bridgehead atoms.